The summed E-state index contributed by atoms with van der Waals surface area (Å²) in [5, 5.41) is 22.5. The minimum atomic E-state index is -4.83. The van der Waals surface area contributed by atoms with Crippen LogP contribution in [0.15, 0.2) is 17.3 Å². The molecule has 3 aliphatic rings. The number of nitrogens with zero attached hydrogens (tertiary/aromatic N) is 8. The normalized spacial score (nSPS) is 36.6. The van der Waals surface area contributed by atoms with Gasteiger partial charge in [0.1, 0.15) is 24.6 Å². The summed E-state index contributed by atoms with van der Waals surface area (Å²) in [6, 6.07) is 0. The van der Waals surface area contributed by atoms with Crippen molar-refractivity contribution in [3.63, 3.8) is 0 Å². The Balaban J connectivity index is 1.26. The van der Waals surface area contributed by atoms with Crippen LogP contribution >= 0.6 is 26.3 Å². The van der Waals surface area contributed by atoms with Crippen LogP contribution in [0.2, 0.25) is 0 Å². The minimum absolute atomic E-state index is 0.0424. The highest BCUT2D eigenvalue weighted by atomic mass is 32.5. The molecule has 0 radical (unpaired) electrons. The van der Waals surface area contributed by atoms with Crippen molar-refractivity contribution in [2.45, 2.75) is 35.2 Å². The number of imidazole rings is 1. The van der Waals surface area contributed by atoms with Gasteiger partial charge in [0, 0.05) is 5.75 Å². The Bertz CT molecular complexity index is 1930. The first-order valence-corrected chi connectivity index (χ1v) is 17.8. The molecule has 3 saturated heterocycles. The number of rotatable bonds is 2. The molecule has 0 aromatic carbocycles. The number of phosphoric acid groups is 1. The van der Waals surface area contributed by atoms with E-state index in [0.717, 1.165) is 16.4 Å². The van der Waals surface area contributed by atoms with Crippen LogP contribution < -0.4 is 17.0 Å². The number of anilines is 2. The van der Waals surface area contributed by atoms with Gasteiger partial charge in [0.15, 0.2) is 22.6 Å². The van der Waals surface area contributed by atoms with Crippen LogP contribution in [0, 0.1) is 0 Å². The predicted molar refractivity (Wildman–Crippen MR) is 152 cm³/mol. The van der Waals surface area contributed by atoms with Crippen molar-refractivity contribution in [3.8, 4) is 0 Å². The Morgan fingerprint density at radius 1 is 1.18 bits per heavy atom. The number of nitrogen functional groups attached to an aromatic ring is 2. The number of nitrogens with two attached hydrogens (primary N) is 2. The fraction of sp³-hybridized carbons (Fsp3) is 0.526. The molecule has 7 rings (SSSR count). The fourth-order valence-electron chi connectivity index (χ4n) is 5.30. The van der Waals surface area contributed by atoms with E-state index in [0.29, 0.717) is 5.69 Å². The third kappa shape index (κ3) is 5.02. The molecule has 8 N–H and O–H groups in total. The Labute approximate surface area is 254 Å². The van der Waals surface area contributed by atoms with Crippen molar-refractivity contribution < 1.29 is 42.3 Å². The molecular weight excluding hydrogens is 668 g/mol. The minimum Gasteiger partial charge on any atom is -0.387 e. The van der Waals surface area contributed by atoms with E-state index >= 15 is 0 Å². The van der Waals surface area contributed by atoms with Crippen LogP contribution in [-0.4, -0.2) is 109 Å². The fourth-order valence-corrected chi connectivity index (χ4v) is 9.46. The van der Waals surface area contributed by atoms with Crippen LogP contribution in [0.5, 0.6) is 0 Å². The molecule has 4 aromatic heterocycles. The lowest BCUT2D eigenvalue weighted by Gasteiger charge is -2.35. The van der Waals surface area contributed by atoms with E-state index in [-0.39, 0.29) is 40.9 Å². The van der Waals surface area contributed by atoms with Gasteiger partial charge in [-0.15, -0.1) is 16.9 Å². The molecule has 236 valence electrons. The maximum atomic E-state index is 13.3. The highest BCUT2D eigenvalue weighted by Crippen LogP contribution is 2.57. The molecule has 3 aliphatic heterocycles. The Kier molecular flexibility index (Phi) is 7.31. The lowest BCUT2D eigenvalue weighted by atomic mass is 9.99. The van der Waals surface area contributed by atoms with Gasteiger partial charge in [-0.05, 0) is 11.8 Å². The maximum absolute atomic E-state index is 13.3. The van der Waals surface area contributed by atoms with Gasteiger partial charge in [0.2, 0.25) is 11.7 Å². The van der Waals surface area contributed by atoms with Crippen molar-refractivity contribution in [1.29, 1.82) is 0 Å². The highest BCUT2D eigenvalue weighted by Gasteiger charge is 2.57. The summed E-state index contributed by atoms with van der Waals surface area (Å²) in [4.78, 5) is 49.0. The summed E-state index contributed by atoms with van der Waals surface area (Å²) in [6.45, 7) is -5.33. The number of phosphoric ester groups is 1. The average Bonchev–Trinajstić information content (AvgIpc) is 3.72. The summed E-state index contributed by atoms with van der Waals surface area (Å²) in [7, 11) is -4.83. The number of aromatic nitrogens is 9. The highest BCUT2D eigenvalue weighted by molar-refractivity contribution is 8.07. The van der Waals surface area contributed by atoms with Gasteiger partial charge in [0.05, 0.1) is 42.9 Å². The van der Waals surface area contributed by atoms with E-state index in [1.54, 1.807) is 0 Å². The van der Waals surface area contributed by atoms with Crippen LogP contribution in [0.25, 0.3) is 16.8 Å². The molecule has 2 bridgehead atoms. The third-order valence-corrected chi connectivity index (χ3v) is 11.3. The smallest absolute Gasteiger partial charge is 0.387 e. The SMILES string of the molecule is Nc1nc2c(nnn2[C@@]23CS[C@H](COP(=O)(O)O[C@H]4C(c5cnc6c(N)ncnn56)CO[C@@H]4COP(O)(=S)O2)[C@H]3O)c(=O)[nH]1. The van der Waals surface area contributed by atoms with Gasteiger partial charge in [-0.1, -0.05) is 5.21 Å². The van der Waals surface area contributed by atoms with Gasteiger partial charge in [-0.2, -0.15) is 14.8 Å². The molecule has 7 heterocycles. The van der Waals surface area contributed by atoms with Crippen LogP contribution in [-0.2, 0) is 44.9 Å². The largest absolute Gasteiger partial charge is 0.472 e. The second kappa shape index (κ2) is 10.7. The van der Waals surface area contributed by atoms with E-state index in [9.17, 15) is 24.3 Å². The number of hydrogen-bond acceptors (Lipinski definition) is 18. The zero-order chi connectivity index (χ0) is 31.0. The molecular formula is C19H23N11O10P2S2. The van der Waals surface area contributed by atoms with Crippen molar-refractivity contribution in [2.24, 2.45) is 0 Å². The number of hydrogen-bond donors (Lipinski definition) is 6. The topological polar surface area (TPSA) is 295 Å². The van der Waals surface area contributed by atoms with Crippen molar-refractivity contribution in [3.05, 3.63) is 28.6 Å². The summed E-state index contributed by atoms with van der Waals surface area (Å²) in [6.07, 6.45) is -1.22. The molecule has 0 amide bonds. The molecule has 44 heavy (non-hydrogen) atoms. The number of aliphatic hydroxyl groups is 1. The molecule has 25 heteroatoms. The van der Waals surface area contributed by atoms with E-state index in [1.165, 1.54) is 17.0 Å². The van der Waals surface area contributed by atoms with Gasteiger partial charge in [0.25, 0.3) is 5.56 Å². The number of fused-ring (bicyclic) bond motifs is 5. The summed E-state index contributed by atoms with van der Waals surface area (Å²) < 4.78 is 44.1. The lowest BCUT2D eigenvalue weighted by molar-refractivity contribution is -0.106. The molecule has 0 aliphatic carbocycles. The summed E-state index contributed by atoms with van der Waals surface area (Å²) in [5.74, 6) is -1.06. The monoisotopic (exact) mass is 691 g/mol. The van der Waals surface area contributed by atoms with E-state index in [1.807, 2.05) is 0 Å². The summed E-state index contributed by atoms with van der Waals surface area (Å²) in [5.41, 5.74) is 9.17. The predicted octanol–water partition coefficient (Wildman–Crippen LogP) is -1.81. The van der Waals surface area contributed by atoms with Gasteiger partial charge >= 0.3 is 14.5 Å². The van der Waals surface area contributed by atoms with Gasteiger partial charge in [-0.3, -0.25) is 23.3 Å². The number of nitrogens with one attached hydrogen (secondary N) is 1. The zero-order valence-corrected chi connectivity index (χ0v) is 25.4. The Morgan fingerprint density at radius 2 is 2.00 bits per heavy atom. The maximum Gasteiger partial charge on any atom is 0.472 e. The first-order chi connectivity index (χ1) is 20.9. The second-order valence-electron chi connectivity index (χ2n) is 10.00. The molecule has 4 aromatic rings. The number of thioether (sulfide) groups is 1. The Hall–Kier alpha value is -2.66. The van der Waals surface area contributed by atoms with E-state index in [2.05, 4.69) is 35.3 Å². The van der Waals surface area contributed by atoms with Crippen molar-refractivity contribution >= 4 is 66.7 Å². The van der Waals surface area contributed by atoms with Crippen molar-refractivity contribution in [1.82, 2.24) is 44.5 Å². The zero-order valence-electron chi connectivity index (χ0n) is 22.0. The lowest BCUT2D eigenvalue weighted by Crippen LogP contribution is -2.49. The molecule has 0 spiro atoms. The van der Waals surface area contributed by atoms with Crippen LogP contribution in [0.3, 0.4) is 0 Å². The molecule has 0 saturated carbocycles. The number of H-pyrrole nitrogens is 1. The third-order valence-electron chi connectivity index (χ3n) is 7.33. The summed E-state index contributed by atoms with van der Waals surface area (Å²) >= 11 is 6.38. The second-order valence-corrected chi connectivity index (χ2v) is 15.4. The number of aromatic amines is 1. The number of aliphatic hydroxyl groups excluding tert-OH is 1. The van der Waals surface area contributed by atoms with Crippen LogP contribution in [0.4, 0.5) is 11.8 Å². The first-order valence-electron chi connectivity index (χ1n) is 12.7. The standard InChI is InChI=1S/C19H23N11O10P2S2/c20-14-16-22-1-8(29(16)24-6-23-14)7-2-36-9-3-38-42(35,43)40-19(30-15-11(27-28-30)17(32)26-18(21)25-15)5-44-10(13(19)31)4-37-41(33,34)39-12(7)9/h1,6-7,9-10,12-13,31H,2-5H2,(H,33,34)(H,35,43)(H2,20,23,24)(H3,21,25,26,32)/t7?,9-,10-,12+,13-,19+,42?/m1/s1. The van der Waals surface area contributed by atoms with Gasteiger partial charge in [-0.25, -0.2) is 19.0 Å². The number of ether oxygens (including phenoxy) is 1. The van der Waals surface area contributed by atoms with Crippen LogP contribution in [0.1, 0.15) is 11.6 Å². The molecule has 21 nitrogen and oxygen atoms in total. The van der Waals surface area contributed by atoms with E-state index in [4.69, 9.17) is 46.1 Å². The average molecular weight is 692 g/mol. The molecule has 3 unspecified atom stereocenters. The van der Waals surface area contributed by atoms with Gasteiger partial charge < -0.3 is 35.6 Å². The molecule has 8 atom stereocenters. The first kappa shape index (κ1) is 30.0. The van der Waals surface area contributed by atoms with E-state index < -0.39 is 68.5 Å². The van der Waals surface area contributed by atoms with Crippen molar-refractivity contribution in [2.75, 3.05) is 37.0 Å². The molecule has 3 fully saturated rings. The quantitative estimate of drug-likeness (QED) is 0.126. The Morgan fingerprint density at radius 3 is 2.82 bits per heavy atom.